The number of amides is 1. The predicted octanol–water partition coefficient (Wildman–Crippen LogP) is 4.32. The summed E-state index contributed by atoms with van der Waals surface area (Å²) in [6, 6.07) is 4.09. The third-order valence-corrected chi connectivity index (χ3v) is 5.41. The number of ether oxygens (including phenoxy) is 1. The maximum Gasteiger partial charge on any atom is 0.340 e. The smallest absolute Gasteiger partial charge is 0.340 e. The molecule has 2 aromatic rings. The largest absolute Gasteiger partial charge is 0.462 e. The quantitative estimate of drug-likeness (QED) is 0.674. The molecule has 142 valence electrons. The molecule has 0 aliphatic heterocycles. The molecule has 6 heteroatoms. The minimum Gasteiger partial charge on any atom is -0.462 e. The molecule has 0 bridgehead atoms. The van der Waals surface area contributed by atoms with Crippen LogP contribution in [0, 0.1) is 19.8 Å². The van der Waals surface area contributed by atoms with E-state index in [4.69, 9.17) is 4.74 Å². The lowest BCUT2D eigenvalue weighted by molar-refractivity contribution is -0.122. The van der Waals surface area contributed by atoms with Gasteiger partial charge < -0.3 is 15.0 Å². The number of carbonyl (C=O) groups is 2. The van der Waals surface area contributed by atoms with Gasteiger partial charge in [0.25, 0.3) is 0 Å². The molecule has 0 saturated heterocycles. The molecule has 26 heavy (non-hydrogen) atoms. The van der Waals surface area contributed by atoms with Crippen molar-refractivity contribution in [1.29, 1.82) is 0 Å². The number of esters is 1. The second-order valence-electron chi connectivity index (χ2n) is 6.75. The van der Waals surface area contributed by atoms with Crippen LogP contribution in [-0.4, -0.2) is 23.5 Å². The summed E-state index contributed by atoms with van der Waals surface area (Å²) in [5.74, 6) is 0.0240. The predicted molar refractivity (Wildman–Crippen MR) is 105 cm³/mol. The summed E-state index contributed by atoms with van der Waals surface area (Å²) in [5, 5.41) is 5.17. The molecule has 2 rings (SSSR count). The molecule has 0 radical (unpaired) electrons. The summed E-state index contributed by atoms with van der Waals surface area (Å²) >= 11 is 1.66. The van der Waals surface area contributed by atoms with E-state index in [9.17, 15) is 9.59 Å². The number of hydrogen-bond acceptors (Lipinski definition) is 4. The Hall–Kier alpha value is -2.08. The van der Waals surface area contributed by atoms with Crippen LogP contribution in [0.3, 0.4) is 0 Å². The Balaban J connectivity index is 2.01. The molecular formula is C20H28N2O3S. The molecule has 0 saturated carbocycles. The highest BCUT2D eigenvalue weighted by molar-refractivity contribution is 7.10. The number of hydrogen-bond donors (Lipinski definition) is 2. The van der Waals surface area contributed by atoms with Gasteiger partial charge >= 0.3 is 5.97 Å². The Morgan fingerprint density at radius 1 is 1.31 bits per heavy atom. The maximum atomic E-state index is 12.5. The van der Waals surface area contributed by atoms with E-state index in [1.807, 2.05) is 25.3 Å². The van der Waals surface area contributed by atoms with E-state index < -0.39 is 0 Å². The van der Waals surface area contributed by atoms with E-state index in [2.05, 4.69) is 30.2 Å². The van der Waals surface area contributed by atoms with Gasteiger partial charge in [0.2, 0.25) is 5.91 Å². The monoisotopic (exact) mass is 376 g/mol. The van der Waals surface area contributed by atoms with Crippen LogP contribution >= 0.6 is 11.3 Å². The molecule has 0 aliphatic rings. The Morgan fingerprint density at radius 2 is 2.04 bits per heavy atom. The van der Waals surface area contributed by atoms with Gasteiger partial charge in [0, 0.05) is 22.7 Å². The third-order valence-electron chi connectivity index (χ3n) is 4.46. The number of aromatic nitrogens is 1. The molecule has 0 aliphatic carbocycles. The zero-order valence-corrected chi connectivity index (χ0v) is 17.0. The second-order valence-corrected chi connectivity index (χ2v) is 7.73. The maximum absolute atomic E-state index is 12.5. The van der Waals surface area contributed by atoms with Crippen LogP contribution < -0.4 is 5.32 Å². The van der Waals surface area contributed by atoms with Crippen molar-refractivity contribution in [3.63, 3.8) is 0 Å². The summed E-state index contributed by atoms with van der Waals surface area (Å²) in [5.41, 5.74) is 3.15. The normalized spacial score (nSPS) is 12.2. The zero-order valence-electron chi connectivity index (χ0n) is 16.1. The highest BCUT2D eigenvalue weighted by atomic mass is 32.1. The van der Waals surface area contributed by atoms with Crippen LogP contribution in [0.5, 0.6) is 0 Å². The molecule has 1 amide bonds. The number of thiophene rings is 1. The van der Waals surface area contributed by atoms with E-state index in [0.717, 1.165) is 17.0 Å². The van der Waals surface area contributed by atoms with E-state index >= 15 is 0 Å². The first-order valence-electron chi connectivity index (χ1n) is 9.03. The van der Waals surface area contributed by atoms with Crippen LogP contribution in [0.2, 0.25) is 0 Å². The van der Waals surface area contributed by atoms with Crippen molar-refractivity contribution in [1.82, 2.24) is 10.3 Å². The number of nitrogens with one attached hydrogen (secondary N) is 2. The molecule has 0 spiro atoms. The SMILES string of the molecule is CCOC(=O)c1c(C)[nH]c(CCC(=O)NC(c2cccs2)C(C)C)c1C. The number of aromatic amines is 1. The number of H-pyrrole nitrogens is 1. The van der Waals surface area contributed by atoms with Gasteiger partial charge in [-0.3, -0.25) is 4.79 Å². The first-order chi connectivity index (χ1) is 12.3. The number of carbonyl (C=O) groups excluding carboxylic acids is 2. The van der Waals surface area contributed by atoms with Crippen molar-refractivity contribution in [3.05, 3.63) is 44.9 Å². The lowest BCUT2D eigenvalue weighted by Gasteiger charge is -2.21. The summed E-state index contributed by atoms with van der Waals surface area (Å²) < 4.78 is 5.11. The van der Waals surface area contributed by atoms with Gasteiger partial charge in [-0.1, -0.05) is 19.9 Å². The zero-order chi connectivity index (χ0) is 19.3. The lowest BCUT2D eigenvalue weighted by Crippen LogP contribution is -2.31. The van der Waals surface area contributed by atoms with E-state index in [1.54, 1.807) is 18.3 Å². The van der Waals surface area contributed by atoms with Gasteiger partial charge in [-0.2, -0.15) is 0 Å². The highest BCUT2D eigenvalue weighted by Crippen LogP contribution is 2.26. The summed E-state index contributed by atoms with van der Waals surface area (Å²) in [7, 11) is 0. The Labute approximate surface area is 159 Å². The van der Waals surface area contributed by atoms with Gasteiger partial charge in [0.05, 0.1) is 18.2 Å². The molecule has 2 N–H and O–H groups in total. The molecule has 2 aromatic heterocycles. The number of aryl methyl sites for hydroxylation is 2. The van der Waals surface area contributed by atoms with Crippen LogP contribution in [0.25, 0.3) is 0 Å². The highest BCUT2D eigenvalue weighted by Gasteiger charge is 2.21. The average molecular weight is 377 g/mol. The van der Waals surface area contributed by atoms with Crippen molar-refractivity contribution < 1.29 is 14.3 Å². The van der Waals surface area contributed by atoms with E-state index in [1.165, 1.54) is 4.88 Å². The second kappa shape index (κ2) is 9.03. The van der Waals surface area contributed by atoms with Crippen LogP contribution in [0.1, 0.15) is 65.4 Å². The van der Waals surface area contributed by atoms with Gasteiger partial charge in [-0.15, -0.1) is 11.3 Å². The van der Waals surface area contributed by atoms with Gasteiger partial charge in [0.1, 0.15) is 0 Å². The van der Waals surface area contributed by atoms with Crippen LogP contribution in [0.4, 0.5) is 0 Å². The average Bonchev–Trinajstić information content (AvgIpc) is 3.19. The van der Waals surface area contributed by atoms with Crippen molar-refractivity contribution in [2.45, 2.75) is 53.5 Å². The minimum atomic E-state index is -0.313. The van der Waals surface area contributed by atoms with Gasteiger partial charge in [-0.25, -0.2) is 4.79 Å². The third kappa shape index (κ3) is 4.75. The fraction of sp³-hybridized carbons (Fsp3) is 0.500. The summed E-state index contributed by atoms with van der Waals surface area (Å²) in [6.07, 6.45) is 0.935. The topological polar surface area (TPSA) is 71.2 Å². The summed E-state index contributed by atoms with van der Waals surface area (Å²) in [4.78, 5) is 28.9. The fourth-order valence-electron chi connectivity index (χ4n) is 3.09. The van der Waals surface area contributed by atoms with Gasteiger partial charge in [0.15, 0.2) is 0 Å². The van der Waals surface area contributed by atoms with Crippen LogP contribution in [0.15, 0.2) is 17.5 Å². The van der Waals surface area contributed by atoms with Crippen molar-refractivity contribution in [2.75, 3.05) is 6.61 Å². The van der Waals surface area contributed by atoms with Crippen LogP contribution in [-0.2, 0) is 16.0 Å². The fourth-order valence-corrected chi connectivity index (χ4v) is 4.04. The summed E-state index contributed by atoms with van der Waals surface area (Å²) in [6.45, 7) is 10.1. The number of rotatable bonds is 8. The van der Waals surface area contributed by atoms with E-state index in [-0.39, 0.29) is 17.9 Å². The van der Waals surface area contributed by atoms with Crippen molar-refractivity contribution in [3.8, 4) is 0 Å². The lowest BCUT2D eigenvalue weighted by atomic mass is 10.0. The molecular weight excluding hydrogens is 348 g/mol. The molecule has 2 heterocycles. The standard InChI is InChI=1S/C20H28N2O3S/c1-6-25-20(24)18-13(4)15(21-14(18)5)9-10-17(23)22-19(12(2)3)16-8-7-11-26-16/h7-8,11-12,19,21H,6,9-10H2,1-5H3,(H,22,23). The Kier molecular flexibility index (Phi) is 7.03. The molecule has 1 unspecified atom stereocenters. The molecule has 1 atom stereocenters. The Bertz CT molecular complexity index is 747. The van der Waals surface area contributed by atoms with Crippen molar-refractivity contribution in [2.24, 2.45) is 5.92 Å². The van der Waals surface area contributed by atoms with E-state index in [0.29, 0.717) is 30.9 Å². The minimum absolute atomic E-state index is 0.0152. The van der Waals surface area contributed by atoms with Gasteiger partial charge in [-0.05, 0) is 50.1 Å². The van der Waals surface area contributed by atoms with Crippen molar-refractivity contribution >= 4 is 23.2 Å². The first-order valence-corrected chi connectivity index (χ1v) is 9.91. The first kappa shape index (κ1) is 20.2. The Morgan fingerprint density at radius 3 is 2.62 bits per heavy atom. The molecule has 0 fully saturated rings. The molecule has 0 aromatic carbocycles. The molecule has 5 nitrogen and oxygen atoms in total.